The number of hydrogen-bond acceptors (Lipinski definition) is 3. The lowest BCUT2D eigenvalue weighted by molar-refractivity contribution is 0.0225. The van der Waals surface area contributed by atoms with Crippen LogP contribution in [0.3, 0.4) is 0 Å². The van der Waals surface area contributed by atoms with Gasteiger partial charge in [-0.3, -0.25) is 0 Å². The van der Waals surface area contributed by atoms with Crippen molar-refractivity contribution in [3.63, 3.8) is 0 Å². The van der Waals surface area contributed by atoms with Gasteiger partial charge in [0, 0.05) is 37.4 Å². The zero-order valence-corrected chi connectivity index (χ0v) is 11.6. The molecule has 0 saturated carbocycles. The van der Waals surface area contributed by atoms with Crippen molar-refractivity contribution in [3.8, 4) is 0 Å². The number of hydrogen-bond donors (Lipinski definition) is 1. The van der Waals surface area contributed by atoms with Crippen LogP contribution in [0.15, 0.2) is 24.3 Å². The van der Waals surface area contributed by atoms with Crippen LogP contribution in [-0.2, 0) is 4.74 Å². The number of nitrogens with zero attached hydrogens (tertiary/aromatic N) is 1. The zero-order valence-electron chi connectivity index (χ0n) is 11.6. The van der Waals surface area contributed by atoms with E-state index >= 15 is 0 Å². The first kappa shape index (κ1) is 14.3. The first-order valence-corrected chi connectivity index (χ1v) is 6.97. The van der Waals surface area contributed by atoms with Crippen LogP contribution < -0.4 is 10.6 Å². The van der Waals surface area contributed by atoms with E-state index in [1.54, 1.807) is 12.1 Å². The van der Waals surface area contributed by atoms with Gasteiger partial charge in [0.05, 0.1) is 0 Å². The van der Waals surface area contributed by atoms with Gasteiger partial charge in [-0.1, -0.05) is 6.07 Å². The molecule has 1 aromatic carbocycles. The quantitative estimate of drug-likeness (QED) is 0.889. The summed E-state index contributed by atoms with van der Waals surface area (Å²) < 4.78 is 18.8. The molecule has 0 bridgehead atoms. The second-order valence-electron chi connectivity index (χ2n) is 5.31. The van der Waals surface area contributed by atoms with Crippen molar-refractivity contribution in [2.24, 2.45) is 11.1 Å². The van der Waals surface area contributed by atoms with E-state index < -0.39 is 0 Å². The Morgan fingerprint density at radius 1 is 1.37 bits per heavy atom. The second kappa shape index (κ2) is 6.35. The Morgan fingerprint density at radius 2 is 2.11 bits per heavy atom. The smallest absolute Gasteiger partial charge is 0.125 e. The molecule has 1 aliphatic rings. The minimum absolute atomic E-state index is 0.0978. The molecule has 2 rings (SSSR count). The molecule has 1 aromatic rings. The van der Waals surface area contributed by atoms with Crippen LogP contribution in [0.5, 0.6) is 0 Å². The van der Waals surface area contributed by atoms with Gasteiger partial charge in [-0.15, -0.1) is 0 Å². The number of benzene rings is 1. The standard InChI is InChI=1S/C15H23FN2O/c1-2-18(14-5-3-4-13(16)10-14)12-15(11-17)6-8-19-9-7-15/h3-5,10H,2,6-9,11-12,17H2,1H3. The molecule has 1 fully saturated rings. The molecule has 2 N–H and O–H groups in total. The van der Waals surface area contributed by atoms with E-state index in [1.165, 1.54) is 6.07 Å². The van der Waals surface area contributed by atoms with Crippen LogP contribution in [-0.4, -0.2) is 32.8 Å². The molecule has 0 atom stereocenters. The SMILES string of the molecule is CCN(CC1(CN)CCOCC1)c1cccc(F)c1. The van der Waals surface area contributed by atoms with Gasteiger partial charge in [-0.25, -0.2) is 4.39 Å². The largest absolute Gasteiger partial charge is 0.381 e. The van der Waals surface area contributed by atoms with E-state index in [9.17, 15) is 4.39 Å². The topological polar surface area (TPSA) is 38.5 Å². The fraction of sp³-hybridized carbons (Fsp3) is 0.600. The third kappa shape index (κ3) is 3.45. The summed E-state index contributed by atoms with van der Waals surface area (Å²) >= 11 is 0. The molecule has 0 aromatic heterocycles. The maximum atomic E-state index is 13.3. The van der Waals surface area contributed by atoms with Crippen molar-refractivity contribution < 1.29 is 9.13 Å². The lowest BCUT2D eigenvalue weighted by Crippen LogP contribution is -2.46. The fourth-order valence-electron chi connectivity index (χ4n) is 2.69. The monoisotopic (exact) mass is 266 g/mol. The van der Waals surface area contributed by atoms with Crippen LogP contribution >= 0.6 is 0 Å². The average molecular weight is 266 g/mol. The van der Waals surface area contributed by atoms with E-state index in [4.69, 9.17) is 10.5 Å². The summed E-state index contributed by atoms with van der Waals surface area (Å²) in [6, 6.07) is 6.78. The predicted octanol–water partition coefficient (Wildman–Crippen LogP) is 2.41. The van der Waals surface area contributed by atoms with Crippen LogP contribution in [0.25, 0.3) is 0 Å². The molecule has 19 heavy (non-hydrogen) atoms. The Kier molecular flexibility index (Phi) is 4.77. The summed E-state index contributed by atoms with van der Waals surface area (Å²) in [5.41, 5.74) is 7.02. The normalized spacial score (nSPS) is 18.3. The number of anilines is 1. The molecule has 1 aliphatic heterocycles. The molecule has 4 heteroatoms. The molecule has 0 spiro atoms. The molecule has 0 unspecified atom stereocenters. The number of halogens is 1. The van der Waals surface area contributed by atoms with E-state index in [0.717, 1.165) is 44.8 Å². The van der Waals surface area contributed by atoms with Crippen molar-refractivity contribution in [2.45, 2.75) is 19.8 Å². The molecular weight excluding hydrogens is 243 g/mol. The highest BCUT2D eigenvalue weighted by atomic mass is 19.1. The van der Waals surface area contributed by atoms with Crippen LogP contribution in [0.1, 0.15) is 19.8 Å². The van der Waals surface area contributed by atoms with Gasteiger partial charge in [-0.05, 0) is 44.5 Å². The number of nitrogens with two attached hydrogens (primary N) is 1. The maximum Gasteiger partial charge on any atom is 0.125 e. The second-order valence-corrected chi connectivity index (χ2v) is 5.31. The molecule has 3 nitrogen and oxygen atoms in total. The highest BCUT2D eigenvalue weighted by Gasteiger charge is 2.33. The highest BCUT2D eigenvalue weighted by molar-refractivity contribution is 5.46. The van der Waals surface area contributed by atoms with Crippen molar-refractivity contribution >= 4 is 5.69 Å². The van der Waals surface area contributed by atoms with Crippen LogP contribution in [0.4, 0.5) is 10.1 Å². The third-order valence-corrected chi connectivity index (χ3v) is 4.07. The van der Waals surface area contributed by atoms with Gasteiger partial charge >= 0.3 is 0 Å². The average Bonchev–Trinajstić information content (AvgIpc) is 2.46. The predicted molar refractivity (Wildman–Crippen MR) is 75.8 cm³/mol. The summed E-state index contributed by atoms with van der Waals surface area (Å²) in [5.74, 6) is -0.190. The van der Waals surface area contributed by atoms with Gasteiger partial charge in [0.15, 0.2) is 0 Å². The summed E-state index contributed by atoms with van der Waals surface area (Å²) in [7, 11) is 0. The minimum atomic E-state index is -0.190. The molecule has 1 heterocycles. The van der Waals surface area contributed by atoms with Crippen molar-refractivity contribution in [1.29, 1.82) is 0 Å². The van der Waals surface area contributed by atoms with Gasteiger partial charge in [0.1, 0.15) is 5.82 Å². The third-order valence-electron chi connectivity index (χ3n) is 4.07. The molecule has 0 aliphatic carbocycles. The van der Waals surface area contributed by atoms with Crippen molar-refractivity contribution in [3.05, 3.63) is 30.1 Å². The Morgan fingerprint density at radius 3 is 2.68 bits per heavy atom. The summed E-state index contributed by atoms with van der Waals surface area (Å²) in [6.07, 6.45) is 1.96. The summed E-state index contributed by atoms with van der Waals surface area (Å²) in [5, 5.41) is 0. The van der Waals surface area contributed by atoms with Crippen molar-refractivity contribution in [1.82, 2.24) is 0 Å². The fourth-order valence-corrected chi connectivity index (χ4v) is 2.69. The molecule has 106 valence electrons. The highest BCUT2D eigenvalue weighted by Crippen LogP contribution is 2.32. The van der Waals surface area contributed by atoms with E-state index in [0.29, 0.717) is 6.54 Å². The van der Waals surface area contributed by atoms with Gasteiger partial charge in [0.25, 0.3) is 0 Å². The van der Waals surface area contributed by atoms with E-state index in [-0.39, 0.29) is 11.2 Å². The molecule has 1 saturated heterocycles. The van der Waals surface area contributed by atoms with Gasteiger partial charge in [0.2, 0.25) is 0 Å². The Labute approximate surface area is 114 Å². The van der Waals surface area contributed by atoms with Gasteiger partial charge < -0.3 is 15.4 Å². The first-order valence-electron chi connectivity index (χ1n) is 6.97. The minimum Gasteiger partial charge on any atom is -0.381 e. The number of ether oxygens (including phenoxy) is 1. The lowest BCUT2D eigenvalue weighted by atomic mass is 9.79. The summed E-state index contributed by atoms with van der Waals surface area (Å²) in [6.45, 7) is 6.02. The van der Waals surface area contributed by atoms with Crippen LogP contribution in [0.2, 0.25) is 0 Å². The van der Waals surface area contributed by atoms with Crippen molar-refractivity contribution in [2.75, 3.05) is 37.7 Å². The maximum absolute atomic E-state index is 13.3. The molecule has 0 amide bonds. The zero-order chi connectivity index (χ0) is 13.7. The Hall–Kier alpha value is -1.13. The van der Waals surface area contributed by atoms with Crippen LogP contribution in [0, 0.1) is 11.2 Å². The van der Waals surface area contributed by atoms with E-state index in [2.05, 4.69) is 11.8 Å². The Balaban J connectivity index is 2.13. The molecular formula is C15H23FN2O. The van der Waals surface area contributed by atoms with Gasteiger partial charge in [-0.2, -0.15) is 0 Å². The summed E-state index contributed by atoms with van der Waals surface area (Å²) in [4.78, 5) is 2.21. The van der Waals surface area contributed by atoms with E-state index in [1.807, 2.05) is 6.07 Å². The molecule has 0 radical (unpaired) electrons. The Bertz CT molecular complexity index is 405. The first-order chi connectivity index (χ1) is 9.19. The number of rotatable bonds is 5. The lowest BCUT2D eigenvalue weighted by Gasteiger charge is -2.40.